The second-order valence-corrected chi connectivity index (χ2v) is 10.7. The number of methoxy groups -OCH3 is 1. The number of rotatable bonds is 3. The Morgan fingerprint density at radius 2 is 1.82 bits per heavy atom. The number of phenolic OH excluding ortho intramolecular Hbond substituents is 1. The van der Waals surface area contributed by atoms with Crippen LogP contribution in [0.1, 0.15) is 61.6 Å². The van der Waals surface area contributed by atoms with E-state index in [9.17, 15) is 5.11 Å². The number of ether oxygens (including phenoxy) is 1. The van der Waals surface area contributed by atoms with Crippen LogP contribution in [0.3, 0.4) is 0 Å². The molecule has 3 aliphatic carbocycles. The van der Waals surface area contributed by atoms with Crippen LogP contribution in [-0.2, 0) is 6.42 Å². The van der Waals surface area contributed by atoms with Crippen molar-refractivity contribution in [3.8, 4) is 11.5 Å². The molecule has 2 fully saturated rings. The van der Waals surface area contributed by atoms with Gasteiger partial charge in [-0.1, -0.05) is 37.3 Å². The van der Waals surface area contributed by atoms with Gasteiger partial charge in [0, 0.05) is 11.8 Å². The SMILES string of the molecule is COc1ccc2c(c1)CCC1C2CC[C@@]2(C)C1CC[C@@H]2N=Cc1cc2ccccc2cc1O. The molecule has 3 aliphatic rings. The maximum absolute atomic E-state index is 10.6. The number of nitrogens with zero attached hydrogens (tertiary/aromatic N) is 1. The molecule has 2 saturated carbocycles. The smallest absolute Gasteiger partial charge is 0.124 e. The molecule has 170 valence electrons. The van der Waals surface area contributed by atoms with Crippen molar-refractivity contribution in [3.05, 3.63) is 71.3 Å². The molecular formula is C30H33NO2. The van der Waals surface area contributed by atoms with Crippen molar-refractivity contribution in [2.75, 3.05) is 7.11 Å². The van der Waals surface area contributed by atoms with Crippen molar-refractivity contribution >= 4 is 17.0 Å². The van der Waals surface area contributed by atoms with Crippen molar-refractivity contribution in [2.24, 2.45) is 22.2 Å². The minimum Gasteiger partial charge on any atom is -0.507 e. The van der Waals surface area contributed by atoms with Gasteiger partial charge in [-0.2, -0.15) is 0 Å². The van der Waals surface area contributed by atoms with E-state index in [-0.39, 0.29) is 5.41 Å². The highest BCUT2D eigenvalue weighted by atomic mass is 16.5. The summed E-state index contributed by atoms with van der Waals surface area (Å²) in [7, 11) is 1.76. The largest absolute Gasteiger partial charge is 0.507 e. The first-order valence-corrected chi connectivity index (χ1v) is 12.5. The van der Waals surface area contributed by atoms with E-state index >= 15 is 0 Å². The monoisotopic (exact) mass is 439 g/mol. The average molecular weight is 440 g/mol. The maximum atomic E-state index is 10.6. The van der Waals surface area contributed by atoms with E-state index in [1.807, 2.05) is 30.5 Å². The molecule has 0 radical (unpaired) electrons. The van der Waals surface area contributed by atoms with E-state index in [0.717, 1.165) is 40.3 Å². The normalized spacial score (nSPS) is 30.7. The molecule has 6 rings (SSSR count). The molecule has 5 atom stereocenters. The van der Waals surface area contributed by atoms with E-state index in [2.05, 4.69) is 37.3 Å². The lowest BCUT2D eigenvalue weighted by atomic mass is 9.55. The lowest BCUT2D eigenvalue weighted by Gasteiger charge is -2.50. The summed E-state index contributed by atoms with van der Waals surface area (Å²) in [6, 6.07) is 19.2. The number of hydrogen-bond donors (Lipinski definition) is 1. The van der Waals surface area contributed by atoms with Crippen LogP contribution in [0.15, 0.2) is 59.6 Å². The molecule has 0 saturated heterocycles. The fraction of sp³-hybridized carbons (Fsp3) is 0.433. The summed E-state index contributed by atoms with van der Waals surface area (Å²) >= 11 is 0. The third-order valence-electron chi connectivity index (χ3n) is 9.17. The summed E-state index contributed by atoms with van der Waals surface area (Å²) in [5.41, 5.74) is 4.16. The molecule has 3 aromatic rings. The summed E-state index contributed by atoms with van der Waals surface area (Å²) < 4.78 is 5.48. The standard InChI is InChI=1S/C30H33NO2/c1-30-14-13-25-24-10-8-23(33-2)16-21(24)7-9-26(25)27(30)11-12-29(30)31-18-22-15-19-5-3-4-6-20(19)17-28(22)32/h3-6,8,10,15-18,25-27,29,32H,7,9,11-14H2,1-2H3/t25?,26?,27?,29-,30-/m0/s1. The summed E-state index contributed by atoms with van der Waals surface area (Å²) in [6.07, 6.45) is 9.31. The first-order valence-electron chi connectivity index (χ1n) is 12.5. The van der Waals surface area contributed by atoms with E-state index in [1.165, 1.54) is 37.7 Å². The highest BCUT2D eigenvalue weighted by Crippen LogP contribution is 2.61. The van der Waals surface area contributed by atoms with Gasteiger partial charge in [0.05, 0.1) is 13.2 Å². The number of phenols is 1. The first-order chi connectivity index (χ1) is 16.1. The van der Waals surface area contributed by atoms with Gasteiger partial charge in [0.1, 0.15) is 11.5 Å². The average Bonchev–Trinajstić information content (AvgIpc) is 3.18. The van der Waals surface area contributed by atoms with Gasteiger partial charge in [0.15, 0.2) is 0 Å². The van der Waals surface area contributed by atoms with Gasteiger partial charge in [-0.25, -0.2) is 0 Å². The molecular weight excluding hydrogens is 406 g/mol. The summed E-state index contributed by atoms with van der Waals surface area (Å²) in [4.78, 5) is 5.12. The molecule has 1 N–H and O–H groups in total. The first kappa shape index (κ1) is 20.8. The van der Waals surface area contributed by atoms with Crippen LogP contribution < -0.4 is 4.74 Å². The summed E-state index contributed by atoms with van der Waals surface area (Å²) in [6.45, 7) is 2.49. The van der Waals surface area contributed by atoms with Crippen molar-refractivity contribution < 1.29 is 9.84 Å². The highest BCUT2D eigenvalue weighted by molar-refractivity contribution is 5.93. The third-order valence-corrected chi connectivity index (χ3v) is 9.17. The van der Waals surface area contributed by atoms with Crippen molar-refractivity contribution in [1.29, 1.82) is 0 Å². The molecule has 3 unspecified atom stereocenters. The molecule has 33 heavy (non-hydrogen) atoms. The van der Waals surface area contributed by atoms with Crippen molar-refractivity contribution in [1.82, 2.24) is 0 Å². The van der Waals surface area contributed by atoms with Crippen LogP contribution in [0.25, 0.3) is 10.8 Å². The van der Waals surface area contributed by atoms with Gasteiger partial charge >= 0.3 is 0 Å². The van der Waals surface area contributed by atoms with Crippen LogP contribution in [0.2, 0.25) is 0 Å². The fourth-order valence-electron chi connectivity index (χ4n) is 7.42. The van der Waals surface area contributed by atoms with Crippen molar-refractivity contribution in [3.63, 3.8) is 0 Å². The molecule has 3 aromatic carbocycles. The lowest BCUT2D eigenvalue weighted by Crippen LogP contribution is -2.43. The Bertz CT molecular complexity index is 1230. The van der Waals surface area contributed by atoms with Crippen LogP contribution >= 0.6 is 0 Å². The predicted molar refractivity (Wildman–Crippen MR) is 135 cm³/mol. The zero-order valence-electron chi connectivity index (χ0n) is 19.6. The minimum absolute atomic E-state index is 0.258. The lowest BCUT2D eigenvalue weighted by molar-refractivity contribution is 0.0502. The highest BCUT2D eigenvalue weighted by Gasteiger charge is 2.54. The molecule has 0 aliphatic heterocycles. The number of aryl methyl sites for hydroxylation is 1. The van der Waals surface area contributed by atoms with Crippen LogP contribution in [-0.4, -0.2) is 24.5 Å². The second kappa shape index (κ2) is 7.90. The molecule has 0 spiro atoms. The van der Waals surface area contributed by atoms with Crippen LogP contribution in [0.5, 0.6) is 11.5 Å². The van der Waals surface area contributed by atoms with E-state index < -0.39 is 0 Å². The predicted octanol–water partition coefficient (Wildman–Crippen LogP) is 6.90. The van der Waals surface area contributed by atoms with Gasteiger partial charge in [0.25, 0.3) is 0 Å². The minimum atomic E-state index is 0.258. The molecule has 3 heteroatoms. The zero-order chi connectivity index (χ0) is 22.6. The zero-order valence-corrected chi connectivity index (χ0v) is 19.6. The Morgan fingerprint density at radius 3 is 2.64 bits per heavy atom. The number of benzene rings is 3. The van der Waals surface area contributed by atoms with Gasteiger partial charge in [0.2, 0.25) is 0 Å². The molecule has 0 aromatic heterocycles. The topological polar surface area (TPSA) is 41.8 Å². The Morgan fingerprint density at radius 1 is 1.00 bits per heavy atom. The second-order valence-electron chi connectivity index (χ2n) is 10.7. The van der Waals surface area contributed by atoms with E-state index in [0.29, 0.717) is 17.7 Å². The molecule has 0 heterocycles. The quantitative estimate of drug-likeness (QED) is 0.451. The Hall–Kier alpha value is -2.81. The fourth-order valence-corrected chi connectivity index (χ4v) is 7.42. The van der Waals surface area contributed by atoms with Gasteiger partial charge in [-0.15, -0.1) is 0 Å². The van der Waals surface area contributed by atoms with Crippen molar-refractivity contribution in [2.45, 2.75) is 57.4 Å². The Kier molecular flexibility index (Phi) is 4.97. The van der Waals surface area contributed by atoms with Gasteiger partial charge < -0.3 is 9.84 Å². The van der Waals surface area contributed by atoms with E-state index in [1.54, 1.807) is 12.7 Å². The summed E-state index contributed by atoms with van der Waals surface area (Å²) in [5, 5.41) is 12.8. The van der Waals surface area contributed by atoms with Crippen LogP contribution in [0.4, 0.5) is 0 Å². The van der Waals surface area contributed by atoms with Gasteiger partial charge in [-0.3, -0.25) is 4.99 Å². The maximum Gasteiger partial charge on any atom is 0.124 e. The number of aromatic hydroxyl groups is 1. The number of aliphatic imine (C=N–C) groups is 1. The number of fused-ring (bicyclic) bond motifs is 6. The van der Waals surface area contributed by atoms with E-state index in [4.69, 9.17) is 9.73 Å². The third kappa shape index (κ3) is 3.36. The molecule has 3 nitrogen and oxygen atoms in total. The van der Waals surface area contributed by atoms with Gasteiger partial charge in [-0.05, 0) is 108 Å². The summed E-state index contributed by atoms with van der Waals surface area (Å²) in [5.74, 6) is 3.49. The Labute approximate surface area is 196 Å². The number of hydrogen-bond acceptors (Lipinski definition) is 3. The molecule has 0 bridgehead atoms. The Balaban J connectivity index is 1.25. The van der Waals surface area contributed by atoms with Crippen LogP contribution in [0, 0.1) is 17.3 Å². The molecule has 0 amide bonds.